The summed E-state index contributed by atoms with van der Waals surface area (Å²) in [5.74, 6) is 0. The van der Waals surface area contributed by atoms with Gasteiger partial charge in [0.25, 0.3) is 0 Å². The van der Waals surface area contributed by atoms with Crippen molar-refractivity contribution in [3.63, 3.8) is 0 Å². The molecule has 1 aromatic carbocycles. The van der Waals surface area contributed by atoms with Crippen LogP contribution in [0.25, 0.3) is 0 Å². The van der Waals surface area contributed by atoms with Crippen molar-refractivity contribution in [2.24, 2.45) is 5.41 Å². The van der Waals surface area contributed by atoms with E-state index in [1.165, 1.54) is 0 Å². The third-order valence-corrected chi connectivity index (χ3v) is 3.49. The fourth-order valence-corrected chi connectivity index (χ4v) is 2.09. The molecule has 0 spiro atoms. The van der Waals surface area contributed by atoms with Crippen molar-refractivity contribution >= 4 is 6.09 Å². The number of alkyl halides is 3. The third kappa shape index (κ3) is 2.73. The molecule has 0 aromatic heterocycles. The molecule has 1 aliphatic heterocycles. The van der Waals surface area contributed by atoms with Crippen molar-refractivity contribution in [3.05, 3.63) is 35.9 Å². The number of benzene rings is 1. The maximum absolute atomic E-state index is 13.0. The smallest absolute Gasteiger partial charge is 0.410 e. The van der Waals surface area contributed by atoms with Crippen molar-refractivity contribution < 1.29 is 22.7 Å². The van der Waals surface area contributed by atoms with Crippen LogP contribution in [-0.4, -0.2) is 30.3 Å². The fourth-order valence-electron chi connectivity index (χ4n) is 2.09. The molecule has 0 radical (unpaired) electrons. The van der Waals surface area contributed by atoms with Crippen LogP contribution in [0.1, 0.15) is 25.5 Å². The van der Waals surface area contributed by atoms with E-state index in [1.54, 1.807) is 24.3 Å². The first-order valence-corrected chi connectivity index (χ1v) is 6.27. The van der Waals surface area contributed by atoms with Gasteiger partial charge in [-0.3, -0.25) is 4.90 Å². The van der Waals surface area contributed by atoms with Gasteiger partial charge in [-0.1, -0.05) is 30.3 Å². The maximum Gasteiger partial charge on any atom is 0.410 e. The van der Waals surface area contributed by atoms with Gasteiger partial charge in [-0.15, -0.1) is 0 Å². The zero-order valence-corrected chi connectivity index (χ0v) is 11.3. The lowest BCUT2D eigenvalue weighted by Gasteiger charge is -2.33. The van der Waals surface area contributed by atoms with E-state index in [0.717, 1.165) is 24.3 Å². The average molecular weight is 287 g/mol. The number of hydrogen-bond donors (Lipinski definition) is 0. The number of amides is 1. The summed E-state index contributed by atoms with van der Waals surface area (Å²) in [6.45, 7) is 1.83. The molecule has 0 bridgehead atoms. The second kappa shape index (κ2) is 5.00. The predicted molar refractivity (Wildman–Crippen MR) is 67.1 cm³/mol. The Kier molecular flexibility index (Phi) is 3.67. The quantitative estimate of drug-likeness (QED) is 0.847. The Morgan fingerprint density at radius 3 is 2.40 bits per heavy atom. The van der Waals surface area contributed by atoms with Gasteiger partial charge in [-0.05, 0) is 19.4 Å². The van der Waals surface area contributed by atoms with E-state index in [9.17, 15) is 18.0 Å². The van der Waals surface area contributed by atoms with Crippen molar-refractivity contribution in [2.45, 2.75) is 26.1 Å². The molecule has 0 aliphatic carbocycles. The molecular formula is C14H16F3NO2. The monoisotopic (exact) mass is 287 g/mol. The first-order valence-electron chi connectivity index (χ1n) is 6.27. The Labute approximate surface area is 115 Å². The minimum atomic E-state index is -4.38. The van der Waals surface area contributed by atoms with Gasteiger partial charge in [0, 0.05) is 6.54 Å². The molecule has 6 heteroatoms. The largest absolute Gasteiger partial charge is 0.447 e. The van der Waals surface area contributed by atoms with Gasteiger partial charge in [0.05, 0.1) is 11.5 Å². The van der Waals surface area contributed by atoms with Crippen LogP contribution in [0.3, 0.4) is 0 Å². The summed E-state index contributed by atoms with van der Waals surface area (Å²) in [6.07, 6.45) is -5.08. The number of nitrogens with zero attached hydrogens (tertiary/aromatic N) is 1. The third-order valence-electron chi connectivity index (χ3n) is 3.49. The summed E-state index contributed by atoms with van der Waals surface area (Å²) in [5.41, 5.74) is -1.21. The molecule has 2 rings (SSSR count). The predicted octanol–water partition coefficient (Wildman–Crippen LogP) is 3.77. The summed E-state index contributed by atoms with van der Waals surface area (Å²) >= 11 is 0. The molecule has 1 heterocycles. The first-order chi connectivity index (χ1) is 9.22. The highest BCUT2D eigenvalue weighted by Crippen LogP contribution is 2.40. The Hall–Kier alpha value is -1.72. The van der Waals surface area contributed by atoms with Gasteiger partial charge >= 0.3 is 12.3 Å². The Morgan fingerprint density at radius 2 is 1.85 bits per heavy atom. The van der Waals surface area contributed by atoms with Crippen molar-refractivity contribution in [1.82, 2.24) is 4.90 Å². The molecule has 1 aliphatic rings. The van der Waals surface area contributed by atoms with Crippen LogP contribution in [0.4, 0.5) is 18.0 Å². The van der Waals surface area contributed by atoms with E-state index in [2.05, 4.69) is 0 Å². The highest BCUT2D eigenvalue weighted by Gasteiger charge is 2.51. The van der Waals surface area contributed by atoms with Crippen LogP contribution >= 0.6 is 0 Å². The minimum absolute atomic E-state index is 0.0801. The van der Waals surface area contributed by atoms with Crippen LogP contribution in [0.5, 0.6) is 0 Å². The number of carbonyl (C=O) groups is 1. The molecule has 1 aromatic rings. The molecule has 1 atom stereocenters. The number of hydrogen-bond acceptors (Lipinski definition) is 2. The van der Waals surface area contributed by atoms with Gasteiger partial charge in [0.1, 0.15) is 6.61 Å². The molecule has 0 N–H and O–H groups in total. The molecule has 110 valence electrons. The van der Waals surface area contributed by atoms with E-state index in [4.69, 9.17) is 4.74 Å². The molecule has 3 nitrogen and oxygen atoms in total. The van der Waals surface area contributed by atoms with E-state index >= 15 is 0 Å². The van der Waals surface area contributed by atoms with Gasteiger partial charge < -0.3 is 4.74 Å². The van der Waals surface area contributed by atoms with Crippen molar-refractivity contribution in [1.29, 1.82) is 0 Å². The standard InChI is InChI=1S/C14H16F3NO2/c1-13(2,14(15,16)17)9-18-11(8-20-12(18)19)10-6-4-3-5-7-10/h3-7,11H,8-9H2,1-2H3. The summed E-state index contributed by atoms with van der Waals surface area (Å²) < 4.78 is 43.8. The average Bonchev–Trinajstić information content (AvgIpc) is 2.70. The van der Waals surface area contributed by atoms with E-state index in [0.29, 0.717) is 0 Å². The fraction of sp³-hybridized carbons (Fsp3) is 0.500. The van der Waals surface area contributed by atoms with Gasteiger partial charge in [-0.2, -0.15) is 13.2 Å². The summed E-state index contributed by atoms with van der Waals surface area (Å²) in [4.78, 5) is 12.9. The molecule has 1 unspecified atom stereocenters. The highest BCUT2D eigenvalue weighted by atomic mass is 19.4. The summed E-state index contributed by atoms with van der Waals surface area (Å²) in [5, 5.41) is 0. The van der Waals surface area contributed by atoms with Crippen LogP contribution in [-0.2, 0) is 4.74 Å². The zero-order chi connectivity index (χ0) is 15.0. The molecule has 1 saturated heterocycles. The molecule has 20 heavy (non-hydrogen) atoms. The van der Waals surface area contributed by atoms with Crippen LogP contribution in [0, 0.1) is 5.41 Å². The second-order valence-corrected chi connectivity index (χ2v) is 5.51. The first kappa shape index (κ1) is 14.7. The minimum Gasteiger partial charge on any atom is -0.447 e. The van der Waals surface area contributed by atoms with Crippen molar-refractivity contribution in [2.75, 3.05) is 13.2 Å². The molecular weight excluding hydrogens is 271 g/mol. The Balaban J connectivity index is 2.22. The molecule has 1 fully saturated rings. The second-order valence-electron chi connectivity index (χ2n) is 5.51. The van der Waals surface area contributed by atoms with E-state index in [1.807, 2.05) is 6.07 Å². The number of cyclic esters (lactones) is 1. The number of ether oxygens (including phenoxy) is 1. The lowest BCUT2D eigenvalue weighted by Crippen LogP contribution is -2.44. The maximum atomic E-state index is 13.0. The van der Waals surface area contributed by atoms with E-state index < -0.39 is 30.3 Å². The number of halogens is 3. The van der Waals surface area contributed by atoms with Crippen molar-refractivity contribution in [3.8, 4) is 0 Å². The Morgan fingerprint density at radius 1 is 1.25 bits per heavy atom. The lowest BCUT2D eigenvalue weighted by atomic mass is 9.91. The molecule has 1 amide bonds. The topological polar surface area (TPSA) is 29.5 Å². The van der Waals surface area contributed by atoms with E-state index in [-0.39, 0.29) is 6.61 Å². The van der Waals surface area contributed by atoms with Gasteiger partial charge in [0.2, 0.25) is 0 Å². The SMILES string of the molecule is CC(C)(CN1C(=O)OCC1c1ccccc1)C(F)(F)F. The number of carbonyl (C=O) groups excluding carboxylic acids is 1. The van der Waals surface area contributed by atoms with Crippen LogP contribution in [0.15, 0.2) is 30.3 Å². The summed E-state index contributed by atoms with van der Waals surface area (Å²) in [7, 11) is 0. The summed E-state index contributed by atoms with van der Waals surface area (Å²) in [6, 6.07) is 8.47. The van der Waals surface area contributed by atoms with Gasteiger partial charge in [-0.25, -0.2) is 4.79 Å². The Bertz CT molecular complexity index is 485. The van der Waals surface area contributed by atoms with Gasteiger partial charge in [0.15, 0.2) is 0 Å². The van der Waals surface area contributed by atoms with Crippen LogP contribution < -0.4 is 0 Å². The lowest BCUT2D eigenvalue weighted by molar-refractivity contribution is -0.215. The molecule has 0 saturated carbocycles. The zero-order valence-electron chi connectivity index (χ0n) is 11.3. The number of rotatable bonds is 3. The van der Waals surface area contributed by atoms with Crippen LogP contribution in [0.2, 0.25) is 0 Å². The highest BCUT2D eigenvalue weighted by molar-refractivity contribution is 5.70. The normalized spacial score (nSPS) is 20.1.